The van der Waals surface area contributed by atoms with Gasteiger partial charge in [-0.1, -0.05) is 20.8 Å². The van der Waals surface area contributed by atoms with Crippen LogP contribution < -0.4 is 5.32 Å². The highest BCUT2D eigenvalue weighted by molar-refractivity contribution is 5.12. The number of nitrogens with one attached hydrogen (secondary N) is 1. The smallest absolute Gasteiger partial charge is 0.0895 e. The number of fused-ring (bicyclic) bond motifs is 2. The molecule has 0 aromatic heterocycles. The zero-order chi connectivity index (χ0) is 12.0. The van der Waals surface area contributed by atoms with Crippen molar-refractivity contribution in [3.8, 4) is 0 Å². The van der Waals surface area contributed by atoms with Crippen LogP contribution in [0.25, 0.3) is 0 Å². The zero-order valence-electron chi connectivity index (χ0n) is 10.7. The Bertz CT molecular complexity index is 262. The lowest BCUT2D eigenvalue weighted by molar-refractivity contribution is 0.0626. The molecule has 0 amide bonds. The summed E-state index contributed by atoms with van der Waals surface area (Å²) < 4.78 is 0. The van der Waals surface area contributed by atoms with E-state index in [4.69, 9.17) is 5.11 Å². The first kappa shape index (κ1) is 12.3. The fraction of sp³-hybridized carbons (Fsp3) is 1.00. The molecular weight excluding hydrogens is 202 g/mol. The molecular formula is C13H25NO2. The summed E-state index contributed by atoms with van der Waals surface area (Å²) in [5.41, 5.74) is 0.714. The summed E-state index contributed by atoms with van der Waals surface area (Å²) in [5.74, 6) is 0.821. The summed E-state index contributed by atoms with van der Waals surface area (Å²) in [7, 11) is 0. The molecule has 2 saturated carbocycles. The van der Waals surface area contributed by atoms with Crippen LogP contribution in [-0.4, -0.2) is 35.5 Å². The molecule has 2 rings (SSSR count). The van der Waals surface area contributed by atoms with Gasteiger partial charge in [0.1, 0.15) is 0 Å². The van der Waals surface area contributed by atoms with Gasteiger partial charge in [0.05, 0.1) is 12.7 Å². The summed E-state index contributed by atoms with van der Waals surface area (Å²) in [6, 6.07) is 0.472. The van der Waals surface area contributed by atoms with Gasteiger partial charge < -0.3 is 15.5 Å². The molecule has 0 aromatic carbocycles. The molecule has 3 nitrogen and oxygen atoms in total. The van der Waals surface area contributed by atoms with E-state index in [0.29, 0.717) is 23.4 Å². The van der Waals surface area contributed by atoms with E-state index in [2.05, 4.69) is 26.1 Å². The van der Waals surface area contributed by atoms with E-state index in [-0.39, 0.29) is 6.61 Å². The average Bonchev–Trinajstić information content (AvgIpc) is 2.68. The molecule has 2 aliphatic rings. The van der Waals surface area contributed by atoms with Crippen molar-refractivity contribution in [1.82, 2.24) is 5.32 Å². The first-order chi connectivity index (χ1) is 7.40. The van der Waals surface area contributed by atoms with Crippen molar-refractivity contribution >= 4 is 0 Å². The van der Waals surface area contributed by atoms with E-state index in [9.17, 15) is 5.11 Å². The molecule has 0 saturated heterocycles. The van der Waals surface area contributed by atoms with E-state index in [1.807, 2.05) is 0 Å². The van der Waals surface area contributed by atoms with Crippen molar-refractivity contribution in [1.29, 1.82) is 0 Å². The number of aliphatic hydroxyl groups excluding tert-OH is 2. The van der Waals surface area contributed by atoms with Crippen LogP contribution in [0.15, 0.2) is 0 Å². The van der Waals surface area contributed by atoms with Crippen LogP contribution in [0.5, 0.6) is 0 Å². The molecule has 2 aliphatic carbocycles. The second-order valence-electron chi connectivity index (χ2n) is 6.59. The number of rotatable bonds is 4. The molecule has 0 heterocycles. The summed E-state index contributed by atoms with van der Waals surface area (Å²) in [6.45, 7) is 7.40. The SMILES string of the molecule is CC12CCC(C1)C(C)(C)C2NCC(O)CO. The fourth-order valence-corrected chi connectivity index (χ4v) is 4.13. The Balaban J connectivity index is 2.02. The van der Waals surface area contributed by atoms with Crippen molar-refractivity contribution in [2.24, 2.45) is 16.7 Å². The van der Waals surface area contributed by atoms with Crippen molar-refractivity contribution in [3.05, 3.63) is 0 Å². The third kappa shape index (κ3) is 1.79. The zero-order valence-corrected chi connectivity index (χ0v) is 10.7. The molecule has 0 spiro atoms. The van der Waals surface area contributed by atoms with E-state index in [1.54, 1.807) is 0 Å². The molecule has 4 atom stereocenters. The minimum absolute atomic E-state index is 0.152. The maximum atomic E-state index is 9.43. The third-order valence-electron chi connectivity index (χ3n) is 5.04. The molecule has 0 radical (unpaired) electrons. The largest absolute Gasteiger partial charge is 0.394 e. The molecule has 2 bridgehead atoms. The maximum Gasteiger partial charge on any atom is 0.0895 e. The molecule has 0 aromatic rings. The van der Waals surface area contributed by atoms with Crippen molar-refractivity contribution in [2.75, 3.05) is 13.2 Å². The van der Waals surface area contributed by atoms with Crippen molar-refractivity contribution in [2.45, 2.75) is 52.2 Å². The molecule has 3 heteroatoms. The van der Waals surface area contributed by atoms with E-state index in [1.165, 1.54) is 19.3 Å². The molecule has 16 heavy (non-hydrogen) atoms. The maximum absolute atomic E-state index is 9.43. The van der Waals surface area contributed by atoms with Crippen LogP contribution in [0.3, 0.4) is 0 Å². The Morgan fingerprint density at radius 1 is 1.38 bits per heavy atom. The van der Waals surface area contributed by atoms with Gasteiger partial charge in [0, 0.05) is 12.6 Å². The van der Waals surface area contributed by atoms with Gasteiger partial charge in [-0.3, -0.25) is 0 Å². The summed E-state index contributed by atoms with van der Waals surface area (Å²) in [4.78, 5) is 0. The molecule has 4 unspecified atom stereocenters. The normalized spacial score (nSPS) is 42.6. The highest BCUT2D eigenvalue weighted by Crippen LogP contribution is 2.62. The quantitative estimate of drug-likeness (QED) is 0.675. The average molecular weight is 227 g/mol. The van der Waals surface area contributed by atoms with E-state index >= 15 is 0 Å². The number of aliphatic hydroxyl groups is 2. The topological polar surface area (TPSA) is 52.5 Å². The number of hydrogen-bond donors (Lipinski definition) is 3. The predicted molar refractivity (Wildman–Crippen MR) is 64.1 cm³/mol. The van der Waals surface area contributed by atoms with Crippen LogP contribution in [0.1, 0.15) is 40.0 Å². The Labute approximate surface area is 98.2 Å². The lowest BCUT2D eigenvalue weighted by Gasteiger charge is -2.43. The van der Waals surface area contributed by atoms with Gasteiger partial charge in [0.2, 0.25) is 0 Å². The Hall–Kier alpha value is -0.120. The number of hydrogen-bond acceptors (Lipinski definition) is 3. The summed E-state index contributed by atoms with van der Waals surface area (Å²) in [6.07, 6.45) is 3.34. The van der Waals surface area contributed by atoms with E-state index in [0.717, 1.165) is 5.92 Å². The van der Waals surface area contributed by atoms with Gasteiger partial charge in [-0.2, -0.15) is 0 Å². The van der Waals surface area contributed by atoms with Crippen molar-refractivity contribution in [3.63, 3.8) is 0 Å². The van der Waals surface area contributed by atoms with Crippen LogP contribution in [0, 0.1) is 16.7 Å². The molecule has 94 valence electrons. The fourth-order valence-electron chi connectivity index (χ4n) is 4.13. The van der Waals surface area contributed by atoms with Crippen LogP contribution in [-0.2, 0) is 0 Å². The van der Waals surface area contributed by atoms with Gasteiger partial charge >= 0.3 is 0 Å². The predicted octanol–water partition coefficient (Wildman–Crippen LogP) is 1.14. The van der Waals surface area contributed by atoms with Crippen LogP contribution >= 0.6 is 0 Å². The van der Waals surface area contributed by atoms with Gasteiger partial charge in [-0.05, 0) is 36.0 Å². The van der Waals surface area contributed by atoms with Crippen molar-refractivity contribution < 1.29 is 10.2 Å². The summed E-state index contributed by atoms with van der Waals surface area (Å²) >= 11 is 0. The molecule has 3 N–H and O–H groups in total. The molecule has 0 aliphatic heterocycles. The summed E-state index contributed by atoms with van der Waals surface area (Å²) in [5, 5.41) is 21.8. The van der Waals surface area contributed by atoms with Gasteiger partial charge in [0.15, 0.2) is 0 Å². The van der Waals surface area contributed by atoms with Crippen LogP contribution in [0.2, 0.25) is 0 Å². The highest BCUT2D eigenvalue weighted by Gasteiger charge is 2.58. The molecule has 2 fully saturated rings. The first-order valence-electron chi connectivity index (χ1n) is 6.42. The minimum Gasteiger partial charge on any atom is -0.394 e. The van der Waals surface area contributed by atoms with E-state index < -0.39 is 6.10 Å². The Morgan fingerprint density at radius 2 is 2.06 bits per heavy atom. The van der Waals surface area contributed by atoms with Gasteiger partial charge in [-0.25, -0.2) is 0 Å². The lowest BCUT2D eigenvalue weighted by Crippen LogP contribution is -2.52. The standard InChI is InChI=1S/C13H25NO2/c1-12(2)9-4-5-13(3,6-9)11(12)14-7-10(16)8-15/h9-11,14-16H,4-8H2,1-3H3. The highest BCUT2D eigenvalue weighted by atomic mass is 16.3. The Morgan fingerprint density at radius 3 is 2.56 bits per heavy atom. The van der Waals surface area contributed by atoms with Crippen LogP contribution in [0.4, 0.5) is 0 Å². The second-order valence-corrected chi connectivity index (χ2v) is 6.59. The Kier molecular flexibility index (Phi) is 3.06. The van der Waals surface area contributed by atoms with Gasteiger partial charge in [-0.15, -0.1) is 0 Å². The minimum atomic E-state index is -0.626. The lowest BCUT2D eigenvalue weighted by atomic mass is 9.68. The first-order valence-corrected chi connectivity index (χ1v) is 6.42. The third-order valence-corrected chi connectivity index (χ3v) is 5.04. The van der Waals surface area contributed by atoms with Gasteiger partial charge in [0.25, 0.3) is 0 Å². The second kappa shape index (κ2) is 3.97. The monoisotopic (exact) mass is 227 g/mol.